The summed E-state index contributed by atoms with van der Waals surface area (Å²) >= 11 is 0. The molecule has 18 heavy (non-hydrogen) atoms. The number of carbonyl (C=O) groups is 1. The van der Waals surface area contributed by atoms with Gasteiger partial charge in [0.15, 0.2) is 0 Å². The Labute approximate surface area is 106 Å². The van der Waals surface area contributed by atoms with E-state index in [1.807, 2.05) is 0 Å². The zero-order valence-corrected chi connectivity index (χ0v) is 10.3. The molecule has 0 aliphatic heterocycles. The van der Waals surface area contributed by atoms with E-state index < -0.39 is 5.97 Å². The minimum absolute atomic E-state index is 0.0915. The number of hydrogen-bond acceptors (Lipinski definition) is 4. The smallest absolute Gasteiger partial charge is 0.317 e. The zero-order valence-electron chi connectivity index (χ0n) is 10.3. The lowest BCUT2D eigenvalue weighted by Crippen LogP contribution is -2.29. The summed E-state index contributed by atoms with van der Waals surface area (Å²) in [6.45, 7) is 4.27. The van der Waals surface area contributed by atoms with Crippen molar-refractivity contribution in [2.24, 2.45) is 0 Å². The fraction of sp³-hybridized carbons (Fsp3) is 0.308. The maximum absolute atomic E-state index is 10.7. The molecule has 0 heterocycles. The highest BCUT2D eigenvalue weighted by atomic mass is 16.5. The number of carboxylic acids is 1. The van der Waals surface area contributed by atoms with Gasteiger partial charge in [-0.25, -0.2) is 0 Å². The van der Waals surface area contributed by atoms with Crippen LogP contribution in [0.25, 0.3) is 0 Å². The van der Waals surface area contributed by atoms with Crippen molar-refractivity contribution in [2.75, 3.05) is 20.2 Å². The summed E-state index contributed by atoms with van der Waals surface area (Å²) in [5.41, 5.74) is 0.652. The van der Waals surface area contributed by atoms with Crippen LogP contribution in [-0.4, -0.2) is 41.3 Å². The Morgan fingerprint density at radius 3 is 2.78 bits per heavy atom. The number of carboxylic acid groups (broad SMARTS) is 1. The third kappa shape index (κ3) is 4.10. The van der Waals surface area contributed by atoms with E-state index >= 15 is 0 Å². The third-order valence-electron chi connectivity index (χ3n) is 2.43. The van der Waals surface area contributed by atoms with Crippen LogP contribution in [0, 0.1) is 0 Å². The predicted octanol–water partition coefficient (Wildman–Crippen LogP) is 1.47. The van der Waals surface area contributed by atoms with E-state index in [1.165, 1.54) is 13.2 Å². The van der Waals surface area contributed by atoms with E-state index in [9.17, 15) is 9.90 Å². The van der Waals surface area contributed by atoms with Crippen molar-refractivity contribution in [3.05, 3.63) is 36.4 Å². The van der Waals surface area contributed by atoms with Crippen LogP contribution in [0.2, 0.25) is 0 Å². The SMILES string of the molecule is C=CCN(CC(=O)O)Cc1ccc(OC)cc1O. The van der Waals surface area contributed by atoms with E-state index in [4.69, 9.17) is 9.84 Å². The van der Waals surface area contributed by atoms with Crippen molar-refractivity contribution in [2.45, 2.75) is 6.54 Å². The van der Waals surface area contributed by atoms with Gasteiger partial charge in [-0.05, 0) is 6.07 Å². The average molecular weight is 251 g/mol. The van der Waals surface area contributed by atoms with E-state index in [-0.39, 0.29) is 12.3 Å². The largest absolute Gasteiger partial charge is 0.507 e. The Bertz CT molecular complexity index is 431. The van der Waals surface area contributed by atoms with Gasteiger partial charge in [0.05, 0.1) is 13.7 Å². The molecular formula is C13H17NO4. The molecule has 0 aliphatic carbocycles. The molecule has 2 N–H and O–H groups in total. The molecule has 0 saturated heterocycles. The lowest BCUT2D eigenvalue weighted by atomic mass is 10.1. The van der Waals surface area contributed by atoms with Crippen LogP contribution in [0.4, 0.5) is 0 Å². The van der Waals surface area contributed by atoms with E-state index in [0.717, 1.165) is 0 Å². The summed E-state index contributed by atoms with van der Waals surface area (Å²) in [5.74, 6) is -0.261. The molecule has 0 aromatic heterocycles. The van der Waals surface area contributed by atoms with Crippen molar-refractivity contribution in [1.82, 2.24) is 4.90 Å². The van der Waals surface area contributed by atoms with Crippen LogP contribution in [-0.2, 0) is 11.3 Å². The summed E-state index contributed by atoms with van der Waals surface area (Å²) in [4.78, 5) is 12.4. The molecule has 0 aliphatic rings. The second-order valence-corrected chi connectivity index (χ2v) is 3.85. The first-order valence-corrected chi connectivity index (χ1v) is 5.47. The summed E-state index contributed by atoms with van der Waals surface area (Å²) < 4.78 is 4.98. The lowest BCUT2D eigenvalue weighted by Gasteiger charge is -2.19. The highest BCUT2D eigenvalue weighted by molar-refractivity contribution is 5.69. The number of rotatable bonds is 7. The van der Waals surface area contributed by atoms with Crippen LogP contribution in [0.3, 0.4) is 0 Å². The van der Waals surface area contributed by atoms with Gasteiger partial charge >= 0.3 is 5.97 Å². The molecule has 1 aromatic rings. The fourth-order valence-corrected chi connectivity index (χ4v) is 1.60. The molecule has 1 rings (SSSR count). The van der Waals surface area contributed by atoms with Crippen LogP contribution < -0.4 is 4.74 Å². The summed E-state index contributed by atoms with van der Waals surface area (Å²) in [6.07, 6.45) is 1.63. The van der Waals surface area contributed by atoms with Crippen molar-refractivity contribution >= 4 is 5.97 Å². The number of hydrogen-bond donors (Lipinski definition) is 2. The Morgan fingerprint density at radius 1 is 1.56 bits per heavy atom. The molecule has 0 unspecified atom stereocenters. The monoisotopic (exact) mass is 251 g/mol. The molecule has 98 valence electrons. The summed E-state index contributed by atoms with van der Waals surface area (Å²) in [5, 5.41) is 18.6. The maximum Gasteiger partial charge on any atom is 0.317 e. The van der Waals surface area contributed by atoms with Crippen LogP contribution in [0.1, 0.15) is 5.56 Å². The minimum Gasteiger partial charge on any atom is -0.507 e. The quantitative estimate of drug-likeness (QED) is 0.718. The van der Waals surface area contributed by atoms with Gasteiger partial charge in [-0.1, -0.05) is 12.1 Å². The summed E-state index contributed by atoms with van der Waals surface area (Å²) in [6, 6.07) is 4.94. The number of phenols is 1. The van der Waals surface area contributed by atoms with Crippen molar-refractivity contribution in [3.63, 3.8) is 0 Å². The first-order valence-electron chi connectivity index (χ1n) is 5.47. The lowest BCUT2D eigenvalue weighted by molar-refractivity contribution is -0.138. The number of phenolic OH excluding ortho intramolecular Hbond substituents is 1. The molecule has 0 spiro atoms. The molecule has 0 atom stereocenters. The number of ether oxygens (including phenoxy) is 1. The fourth-order valence-electron chi connectivity index (χ4n) is 1.60. The van der Waals surface area contributed by atoms with Crippen LogP contribution >= 0.6 is 0 Å². The number of aromatic hydroxyl groups is 1. The maximum atomic E-state index is 10.7. The Kier molecular flexibility index (Phi) is 5.20. The molecule has 1 aromatic carbocycles. The van der Waals surface area contributed by atoms with Crippen molar-refractivity contribution in [1.29, 1.82) is 0 Å². The molecule has 0 fully saturated rings. The second kappa shape index (κ2) is 6.66. The second-order valence-electron chi connectivity index (χ2n) is 3.85. The van der Waals surface area contributed by atoms with Gasteiger partial charge in [-0.15, -0.1) is 6.58 Å². The standard InChI is InChI=1S/C13H17NO4/c1-3-6-14(9-13(16)17)8-10-4-5-11(18-2)7-12(10)15/h3-5,7,15H,1,6,8-9H2,2H3,(H,16,17). The van der Waals surface area contributed by atoms with Crippen molar-refractivity contribution < 1.29 is 19.7 Å². The molecule has 5 heteroatoms. The van der Waals surface area contributed by atoms with E-state index in [1.54, 1.807) is 23.1 Å². The average Bonchev–Trinajstić information content (AvgIpc) is 2.31. The Balaban J connectivity index is 2.79. The number of aliphatic carboxylic acids is 1. The molecule has 0 amide bonds. The first-order chi connectivity index (χ1) is 8.56. The number of methoxy groups -OCH3 is 1. The predicted molar refractivity (Wildman–Crippen MR) is 67.8 cm³/mol. The highest BCUT2D eigenvalue weighted by Gasteiger charge is 2.11. The number of benzene rings is 1. The summed E-state index contributed by atoms with van der Waals surface area (Å²) in [7, 11) is 1.52. The van der Waals surface area contributed by atoms with Gasteiger partial charge in [-0.2, -0.15) is 0 Å². The highest BCUT2D eigenvalue weighted by Crippen LogP contribution is 2.24. The van der Waals surface area contributed by atoms with Gasteiger partial charge < -0.3 is 14.9 Å². The molecule has 0 saturated carbocycles. The third-order valence-corrected chi connectivity index (χ3v) is 2.43. The van der Waals surface area contributed by atoms with Gasteiger partial charge in [0.2, 0.25) is 0 Å². The van der Waals surface area contributed by atoms with Gasteiger partial charge in [-0.3, -0.25) is 9.69 Å². The molecule has 0 radical (unpaired) electrons. The normalized spacial score (nSPS) is 10.3. The Morgan fingerprint density at radius 2 is 2.28 bits per heavy atom. The molecular weight excluding hydrogens is 234 g/mol. The van der Waals surface area contributed by atoms with Gasteiger partial charge in [0, 0.05) is 24.7 Å². The molecule has 5 nitrogen and oxygen atoms in total. The Hall–Kier alpha value is -2.01. The number of nitrogens with zero attached hydrogens (tertiary/aromatic N) is 1. The van der Waals surface area contributed by atoms with Gasteiger partial charge in [0.25, 0.3) is 0 Å². The molecule has 0 bridgehead atoms. The zero-order chi connectivity index (χ0) is 13.5. The first kappa shape index (κ1) is 14.1. The minimum atomic E-state index is -0.912. The van der Waals surface area contributed by atoms with Crippen LogP contribution in [0.15, 0.2) is 30.9 Å². The van der Waals surface area contributed by atoms with Crippen LogP contribution in [0.5, 0.6) is 11.5 Å². The topological polar surface area (TPSA) is 70.0 Å². The van der Waals surface area contributed by atoms with E-state index in [2.05, 4.69) is 6.58 Å². The van der Waals surface area contributed by atoms with Gasteiger partial charge in [0.1, 0.15) is 11.5 Å². The van der Waals surface area contributed by atoms with E-state index in [0.29, 0.717) is 24.4 Å². The van der Waals surface area contributed by atoms with Crippen molar-refractivity contribution in [3.8, 4) is 11.5 Å².